The van der Waals surface area contributed by atoms with Gasteiger partial charge in [-0.1, -0.05) is 13.8 Å². The molecule has 0 unspecified atom stereocenters. The second-order valence-electron chi connectivity index (χ2n) is 4.63. The van der Waals surface area contributed by atoms with Crippen LogP contribution in [0.5, 0.6) is 5.75 Å². The molecule has 1 rings (SSSR count). The predicted octanol–water partition coefficient (Wildman–Crippen LogP) is 2.39. The summed E-state index contributed by atoms with van der Waals surface area (Å²) in [7, 11) is 0. The lowest BCUT2D eigenvalue weighted by molar-refractivity contribution is -0.120. The van der Waals surface area contributed by atoms with Gasteiger partial charge in [0.1, 0.15) is 5.75 Å². The normalized spacial score (nSPS) is 10.1. The lowest BCUT2D eigenvalue weighted by atomic mass is 10.2. The molecule has 0 atom stereocenters. The van der Waals surface area contributed by atoms with Gasteiger partial charge in [0.05, 0.1) is 12.3 Å². The molecule has 1 aromatic rings. The molecule has 5 heteroatoms. The van der Waals surface area contributed by atoms with Crippen molar-refractivity contribution in [3.63, 3.8) is 0 Å². The van der Waals surface area contributed by atoms with Crippen LogP contribution in [0.15, 0.2) is 18.2 Å². The smallest absolute Gasteiger partial charge is 0.221 e. The molecule has 0 saturated heterocycles. The Hall–Kier alpha value is -1.91. The van der Waals surface area contributed by atoms with Crippen molar-refractivity contribution in [1.29, 1.82) is 0 Å². The molecule has 1 aromatic carbocycles. The number of nitrogen functional groups attached to an aromatic ring is 1. The van der Waals surface area contributed by atoms with Gasteiger partial charge in [0.2, 0.25) is 5.91 Å². The number of carbonyl (C=O) groups is 1. The summed E-state index contributed by atoms with van der Waals surface area (Å²) in [5.41, 5.74) is 7.39. The van der Waals surface area contributed by atoms with Gasteiger partial charge in [-0.05, 0) is 25.0 Å². The molecule has 0 saturated carbocycles. The number of ether oxygens (including phenoxy) is 1. The highest BCUT2D eigenvalue weighted by molar-refractivity contribution is 5.76. The number of nitrogens with one attached hydrogen (secondary N) is 2. The van der Waals surface area contributed by atoms with Crippen LogP contribution in [-0.4, -0.2) is 25.6 Å². The van der Waals surface area contributed by atoms with E-state index in [-0.39, 0.29) is 5.91 Å². The first-order chi connectivity index (χ1) is 9.67. The number of rotatable bonds is 9. The Bertz CT molecular complexity index is 422. The van der Waals surface area contributed by atoms with Gasteiger partial charge in [-0.2, -0.15) is 0 Å². The number of nitrogens with two attached hydrogens (primary N) is 1. The Morgan fingerprint density at radius 1 is 1.25 bits per heavy atom. The van der Waals surface area contributed by atoms with Crippen LogP contribution in [-0.2, 0) is 4.79 Å². The van der Waals surface area contributed by atoms with E-state index < -0.39 is 0 Å². The van der Waals surface area contributed by atoms with Crippen LogP contribution in [0.3, 0.4) is 0 Å². The average molecular weight is 279 g/mol. The first-order valence-corrected chi connectivity index (χ1v) is 7.20. The van der Waals surface area contributed by atoms with Gasteiger partial charge in [-0.15, -0.1) is 0 Å². The average Bonchev–Trinajstić information content (AvgIpc) is 2.45. The second-order valence-corrected chi connectivity index (χ2v) is 4.63. The maximum absolute atomic E-state index is 11.5. The zero-order valence-corrected chi connectivity index (χ0v) is 12.4. The molecule has 0 aliphatic heterocycles. The van der Waals surface area contributed by atoms with Gasteiger partial charge < -0.3 is 21.1 Å². The molecule has 0 radical (unpaired) electrons. The van der Waals surface area contributed by atoms with Crippen LogP contribution in [0, 0.1) is 0 Å². The lowest BCUT2D eigenvalue weighted by Gasteiger charge is -2.11. The molecular weight excluding hydrogens is 254 g/mol. The molecular formula is C15H25N3O2. The molecule has 0 spiro atoms. The van der Waals surface area contributed by atoms with E-state index >= 15 is 0 Å². The van der Waals surface area contributed by atoms with Gasteiger partial charge in [0.15, 0.2) is 0 Å². The Morgan fingerprint density at radius 2 is 2.05 bits per heavy atom. The minimum Gasteiger partial charge on any atom is -0.491 e. The topological polar surface area (TPSA) is 76.4 Å². The summed E-state index contributed by atoms with van der Waals surface area (Å²) >= 11 is 0. The molecule has 1 amide bonds. The van der Waals surface area contributed by atoms with E-state index in [1.807, 2.05) is 32.0 Å². The summed E-state index contributed by atoms with van der Waals surface area (Å²) in [5, 5.41) is 6.04. The summed E-state index contributed by atoms with van der Waals surface area (Å²) in [6.07, 6.45) is 2.35. The second kappa shape index (κ2) is 9.07. The largest absolute Gasteiger partial charge is 0.491 e. The van der Waals surface area contributed by atoms with E-state index in [1.54, 1.807) is 0 Å². The number of amides is 1. The van der Waals surface area contributed by atoms with E-state index in [9.17, 15) is 4.79 Å². The molecule has 112 valence electrons. The number of carbonyl (C=O) groups excluding carboxylic acids is 1. The van der Waals surface area contributed by atoms with Crippen molar-refractivity contribution in [2.24, 2.45) is 0 Å². The third-order valence-electron chi connectivity index (χ3n) is 2.73. The zero-order valence-electron chi connectivity index (χ0n) is 12.4. The predicted molar refractivity (Wildman–Crippen MR) is 83.0 cm³/mol. The van der Waals surface area contributed by atoms with Gasteiger partial charge in [0.25, 0.3) is 0 Å². The quantitative estimate of drug-likeness (QED) is 0.607. The first kappa shape index (κ1) is 16.1. The maximum Gasteiger partial charge on any atom is 0.221 e. The molecule has 0 bridgehead atoms. The molecule has 0 aromatic heterocycles. The third-order valence-corrected chi connectivity index (χ3v) is 2.73. The summed E-state index contributed by atoms with van der Waals surface area (Å²) in [6.45, 7) is 6.05. The van der Waals surface area contributed by atoms with E-state index in [0.29, 0.717) is 31.0 Å². The standard InChI is InChI=1S/C15H25N3O2/c1-3-8-18-15(19)7-9-17-12-5-6-13(16)14(11-12)20-10-4-2/h5-6,11,17H,3-4,7-10,16H2,1-2H3,(H,18,19). The van der Waals surface area contributed by atoms with Gasteiger partial charge in [-0.25, -0.2) is 0 Å². The number of hydrogen-bond donors (Lipinski definition) is 3. The Morgan fingerprint density at radius 3 is 2.75 bits per heavy atom. The van der Waals surface area contributed by atoms with Crippen molar-refractivity contribution in [2.45, 2.75) is 33.1 Å². The van der Waals surface area contributed by atoms with E-state index in [1.165, 1.54) is 0 Å². The summed E-state index contributed by atoms with van der Waals surface area (Å²) < 4.78 is 5.56. The van der Waals surface area contributed by atoms with Crippen LogP contribution < -0.4 is 21.1 Å². The molecule has 0 aliphatic rings. The Kier molecular flexibility index (Phi) is 7.32. The Labute approximate surface area is 120 Å². The summed E-state index contributed by atoms with van der Waals surface area (Å²) in [4.78, 5) is 11.5. The van der Waals surface area contributed by atoms with E-state index in [0.717, 1.165) is 25.1 Å². The van der Waals surface area contributed by atoms with Crippen molar-refractivity contribution in [2.75, 3.05) is 30.7 Å². The minimum absolute atomic E-state index is 0.0669. The fraction of sp³-hybridized carbons (Fsp3) is 0.533. The van der Waals surface area contributed by atoms with E-state index in [4.69, 9.17) is 10.5 Å². The van der Waals surface area contributed by atoms with Gasteiger partial charge in [-0.3, -0.25) is 4.79 Å². The van der Waals surface area contributed by atoms with Crippen LogP contribution in [0.2, 0.25) is 0 Å². The fourth-order valence-corrected chi connectivity index (χ4v) is 1.65. The molecule has 0 fully saturated rings. The third kappa shape index (κ3) is 5.82. The molecule has 4 N–H and O–H groups in total. The lowest BCUT2D eigenvalue weighted by Crippen LogP contribution is -2.25. The number of anilines is 2. The van der Waals surface area contributed by atoms with E-state index in [2.05, 4.69) is 10.6 Å². The van der Waals surface area contributed by atoms with Crippen LogP contribution >= 0.6 is 0 Å². The van der Waals surface area contributed by atoms with Crippen LogP contribution in [0.4, 0.5) is 11.4 Å². The first-order valence-electron chi connectivity index (χ1n) is 7.20. The molecule has 0 heterocycles. The van der Waals surface area contributed by atoms with Crippen molar-refractivity contribution in [3.05, 3.63) is 18.2 Å². The van der Waals surface area contributed by atoms with Gasteiger partial charge >= 0.3 is 0 Å². The highest BCUT2D eigenvalue weighted by Crippen LogP contribution is 2.25. The molecule has 0 aliphatic carbocycles. The maximum atomic E-state index is 11.5. The van der Waals surface area contributed by atoms with Crippen molar-refractivity contribution in [3.8, 4) is 5.75 Å². The summed E-state index contributed by atoms with van der Waals surface area (Å²) in [6, 6.07) is 5.57. The monoisotopic (exact) mass is 279 g/mol. The van der Waals surface area contributed by atoms with Crippen molar-refractivity contribution < 1.29 is 9.53 Å². The van der Waals surface area contributed by atoms with Crippen molar-refractivity contribution in [1.82, 2.24) is 5.32 Å². The van der Waals surface area contributed by atoms with Crippen LogP contribution in [0.1, 0.15) is 33.1 Å². The number of benzene rings is 1. The van der Waals surface area contributed by atoms with Gasteiger partial charge in [0, 0.05) is 31.3 Å². The SMILES string of the molecule is CCCNC(=O)CCNc1ccc(N)c(OCCC)c1. The number of hydrogen-bond acceptors (Lipinski definition) is 4. The summed E-state index contributed by atoms with van der Waals surface area (Å²) in [5.74, 6) is 0.754. The van der Waals surface area contributed by atoms with Crippen LogP contribution in [0.25, 0.3) is 0 Å². The highest BCUT2D eigenvalue weighted by atomic mass is 16.5. The fourth-order valence-electron chi connectivity index (χ4n) is 1.65. The zero-order chi connectivity index (χ0) is 14.8. The van der Waals surface area contributed by atoms with Crippen molar-refractivity contribution >= 4 is 17.3 Å². The highest BCUT2D eigenvalue weighted by Gasteiger charge is 2.03. The molecule has 20 heavy (non-hydrogen) atoms. The minimum atomic E-state index is 0.0669. The Balaban J connectivity index is 2.41. The molecule has 5 nitrogen and oxygen atoms in total.